The van der Waals surface area contributed by atoms with Crippen LogP contribution in [0.5, 0.6) is 5.75 Å². The maximum Gasteiger partial charge on any atom is 0.434 e. The lowest BCUT2D eigenvalue weighted by molar-refractivity contribution is -0.299. The fourth-order valence-corrected chi connectivity index (χ4v) is 1.40. The lowest BCUT2D eigenvalue weighted by atomic mass is 10.3. The summed E-state index contributed by atoms with van der Waals surface area (Å²) in [6, 6.07) is 3.42. The molecule has 0 amide bonds. The molecule has 0 aromatic heterocycles. The van der Waals surface area contributed by atoms with Gasteiger partial charge in [-0.15, -0.1) is 0 Å². The number of hydrogen-bond donors (Lipinski definition) is 1. The van der Waals surface area contributed by atoms with E-state index in [9.17, 15) is 26.3 Å². The SMILES string of the molecule is Nc1ccc(Br)cc1OC(C(F)(F)F)C(F)(F)F. The summed E-state index contributed by atoms with van der Waals surface area (Å²) in [7, 11) is 0. The van der Waals surface area contributed by atoms with Crippen molar-refractivity contribution < 1.29 is 31.1 Å². The Morgan fingerprint density at radius 1 is 1.06 bits per heavy atom. The van der Waals surface area contributed by atoms with E-state index in [-0.39, 0.29) is 10.2 Å². The van der Waals surface area contributed by atoms with Gasteiger partial charge in [0, 0.05) is 4.47 Å². The van der Waals surface area contributed by atoms with Crippen molar-refractivity contribution in [3.8, 4) is 5.75 Å². The zero-order valence-electron chi connectivity index (χ0n) is 8.44. The number of nitrogen functional groups attached to an aromatic ring is 1. The van der Waals surface area contributed by atoms with E-state index in [1.54, 1.807) is 0 Å². The fourth-order valence-electron chi connectivity index (χ4n) is 1.06. The summed E-state index contributed by atoms with van der Waals surface area (Å²) >= 11 is 2.89. The standard InChI is InChI=1S/C9H6BrF6NO/c10-4-1-2-5(17)6(3-4)18-7(8(11,12)13)9(14,15)16/h1-3,7H,17H2. The number of benzene rings is 1. The predicted molar refractivity (Wildman–Crippen MR) is 55.1 cm³/mol. The number of rotatable bonds is 2. The number of halogens is 7. The van der Waals surface area contributed by atoms with Gasteiger partial charge in [0.05, 0.1) is 5.69 Å². The molecule has 0 spiro atoms. The van der Waals surface area contributed by atoms with Crippen molar-refractivity contribution >= 4 is 21.6 Å². The molecule has 18 heavy (non-hydrogen) atoms. The molecule has 0 atom stereocenters. The smallest absolute Gasteiger partial charge is 0.434 e. The molecule has 9 heteroatoms. The first-order valence-electron chi connectivity index (χ1n) is 4.37. The van der Waals surface area contributed by atoms with Gasteiger partial charge < -0.3 is 10.5 Å². The van der Waals surface area contributed by atoms with Crippen LogP contribution in [0.2, 0.25) is 0 Å². The van der Waals surface area contributed by atoms with Crippen LogP contribution in [0.4, 0.5) is 32.0 Å². The molecule has 1 aromatic carbocycles. The van der Waals surface area contributed by atoms with E-state index in [0.717, 1.165) is 12.1 Å². The van der Waals surface area contributed by atoms with Gasteiger partial charge in [-0.2, -0.15) is 26.3 Å². The summed E-state index contributed by atoms with van der Waals surface area (Å²) in [6.07, 6.45) is -15.1. The molecule has 1 aromatic rings. The van der Waals surface area contributed by atoms with Gasteiger partial charge in [-0.25, -0.2) is 0 Å². The van der Waals surface area contributed by atoms with E-state index >= 15 is 0 Å². The van der Waals surface area contributed by atoms with Crippen LogP contribution in [0.3, 0.4) is 0 Å². The molecule has 0 bridgehead atoms. The van der Waals surface area contributed by atoms with E-state index in [1.807, 2.05) is 0 Å². The van der Waals surface area contributed by atoms with E-state index in [1.165, 1.54) is 6.07 Å². The minimum atomic E-state index is -5.58. The van der Waals surface area contributed by atoms with Crippen LogP contribution in [0, 0.1) is 0 Å². The first-order chi connectivity index (χ1) is 8.01. The molecule has 0 fully saturated rings. The normalized spacial score (nSPS) is 12.9. The van der Waals surface area contributed by atoms with Crippen LogP contribution < -0.4 is 10.5 Å². The molecule has 0 aliphatic heterocycles. The van der Waals surface area contributed by atoms with Crippen molar-refractivity contribution in [1.82, 2.24) is 0 Å². The molecule has 2 nitrogen and oxygen atoms in total. The molecule has 0 unspecified atom stereocenters. The third-order valence-corrected chi connectivity index (χ3v) is 2.31. The Balaban J connectivity index is 3.08. The van der Waals surface area contributed by atoms with E-state index in [4.69, 9.17) is 5.73 Å². The Hall–Kier alpha value is -1.12. The molecule has 0 saturated carbocycles. The topological polar surface area (TPSA) is 35.2 Å². The first-order valence-corrected chi connectivity index (χ1v) is 5.16. The molecule has 2 N–H and O–H groups in total. The van der Waals surface area contributed by atoms with Crippen LogP contribution in [-0.4, -0.2) is 18.5 Å². The van der Waals surface area contributed by atoms with Crippen LogP contribution in [0.1, 0.15) is 0 Å². The molecule has 1 rings (SSSR count). The highest BCUT2D eigenvalue weighted by atomic mass is 79.9. The average Bonchev–Trinajstić information content (AvgIpc) is 2.15. The summed E-state index contributed by atoms with van der Waals surface area (Å²) < 4.78 is 77.6. The van der Waals surface area contributed by atoms with Crippen LogP contribution >= 0.6 is 15.9 Å². The van der Waals surface area contributed by atoms with Gasteiger partial charge in [-0.3, -0.25) is 0 Å². The van der Waals surface area contributed by atoms with Crippen LogP contribution in [0.15, 0.2) is 22.7 Å². The van der Waals surface area contributed by atoms with E-state index in [0.29, 0.717) is 0 Å². The number of anilines is 1. The summed E-state index contributed by atoms with van der Waals surface area (Å²) in [5, 5.41) is 0. The van der Waals surface area contributed by atoms with Crippen molar-refractivity contribution in [3.63, 3.8) is 0 Å². The fraction of sp³-hybridized carbons (Fsp3) is 0.333. The zero-order valence-corrected chi connectivity index (χ0v) is 10.0. The van der Waals surface area contributed by atoms with Gasteiger partial charge >= 0.3 is 12.4 Å². The minimum absolute atomic E-state index is 0.245. The van der Waals surface area contributed by atoms with Crippen molar-refractivity contribution in [3.05, 3.63) is 22.7 Å². The summed E-state index contributed by atoms with van der Waals surface area (Å²) in [4.78, 5) is 0. The molecule has 0 radical (unpaired) electrons. The van der Waals surface area contributed by atoms with Gasteiger partial charge in [0.2, 0.25) is 0 Å². The highest BCUT2D eigenvalue weighted by Gasteiger charge is 2.59. The molecule has 102 valence electrons. The Morgan fingerprint density at radius 2 is 1.56 bits per heavy atom. The quantitative estimate of drug-likeness (QED) is 0.656. The largest absolute Gasteiger partial charge is 0.469 e. The lowest BCUT2D eigenvalue weighted by Gasteiger charge is -2.24. The molecule has 0 saturated heterocycles. The second-order valence-corrected chi connectivity index (χ2v) is 4.18. The van der Waals surface area contributed by atoms with Gasteiger partial charge in [-0.1, -0.05) is 15.9 Å². The Labute approximate surface area is 106 Å². The number of alkyl halides is 6. The highest BCUT2D eigenvalue weighted by Crippen LogP contribution is 2.38. The third kappa shape index (κ3) is 3.69. The van der Waals surface area contributed by atoms with E-state index < -0.39 is 24.2 Å². The minimum Gasteiger partial charge on any atom is -0.469 e. The second kappa shape index (κ2) is 4.87. The first kappa shape index (κ1) is 14.9. The average molecular weight is 338 g/mol. The maximum atomic E-state index is 12.2. The summed E-state index contributed by atoms with van der Waals surface area (Å²) in [5.74, 6) is -0.691. The van der Waals surface area contributed by atoms with Gasteiger partial charge in [0.25, 0.3) is 6.10 Å². The monoisotopic (exact) mass is 337 g/mol. The zero-order chi connectivity index (χ0) is 14.1. The van der Waals surface area contributed by atoms with Gasteiger partial charge in [0.15, 0.2) is 0 Å². The highest BCUT2D eigenvalue weighted by molar-refractivity contribution is 9.10. The molecule has 0 aliphatic rings. The van der Waals surface area contributed by atoms with Crippen LogP contribution in [0.25, 0.3) is 0 Å². The van der Waals surface area contributed by atoms with Crippen molar-refractivity contribution in [1.29, 1.82) is 0 Å². The Kier molecular flexibility index (Phi) is 4.04. The summed E-state index contributed by atoms with van der Waals surface area (Å²) in [5.41, 5.74) is 4.92. The number of ether oxygens (including phenoxy) is 1. The Bertz CT molecular complexity index is 416. The van der Waals surface area contributed by atoms with Crippen molar-refractivity contribution in [2.75, 3.05) is 5.73 Å². The molecule has 0 heterocycles. The van der Waals surface area contributed by atoms with Gasteiger partial charge in [-0.05, 0) is 18.2 Å². The lowest BCUT2D eigenvalue weighted by Crippen LogP contribution is -2.46. The van der Waals surface area contributed by atoms with Crippen molar-refractivity contribution in [2.45, 2.75) is 18.5 Å². The van der Waals surface area contributed by atoms with E-state index in [2.05, 4.69) is 20.7 Å². The van der Waals surface area contributed by atoms with Gasteiger partial charge in [0.1, 0.15) is 5.75 Å². The third-order valence-electron chi connectivity index (χ3n) is 1.82. The maximum absolute atomic E-state index is 12.2. The molecular formula is C9H6BrF6NO. The number of hydrogen-bond acceptors (Lipinski definition) is 2. The van der Waals surface area contributed by atoms with Crippen molar-refractivity contribution in [2.24, 2.45) is 0 Å². The number of nitrogens with two attached hydrogens (primary N) is 1. The predicted octanol–water partition coefficient (Wildman–Crippen LogP) is 3.90. The second-order valence-electron chi connectivity index (χ2n) is 3.26. The Morgan fingerprint density at radius 3 is 2.00 bits per heavy atom. The molecular weight excluding hydrogens is 332 g/mol. The van der Waals surface area contributed by atoms with Crippen LogP contribution in [-0.2, 0) is 0 Å². The molecule has 0 aliphatic carbocycles. The summed E-state index contributed by atoms with van der Waals surface area (Å²) in [6.45, 7) is 0.